The summed E-state index contributed by atoms with van der Waals surface area (Å²) in [5.74, 6) is -0.00965. The quantitative estimate of drug-likeness (QED) is 0.589. The van der Waals surface area contributed by atoms with E-state index in [2.05, 4.69) is 6.58 Å². The third kappa shape index (κ3) is 5.69. The van der Waals surface area contributed by atoms with Crippen LogP contribution in [0.2, 0.25) is 0 Å². The highest BCUT2D eigenvalue weighted by Gasteiger charge is 2.17. The number of carbonyl (C=O) groups excluding carboxylic acids is 2. The number of amides is 1. The minimum absolute atomic E-state index is 0.0167. The monoisotopic (exact) mass is 341 g/mol. The van der Waals surface area contributed by atoms with Crippen molar-refractivity contribution in [3.8, 4) is 16.9 Å². The van der Waals surface area contributed by atoms with E-state index in [0.29, 0.717) is 5.75 Å². The summed E-state index contributed by atoms with van der Waals surface area (Å²) < 4.78 is 15.6. The molecule has 0 aromatic heterocycles. The van der Waals surface area contributed by atoms with Crippen molar-refractivity contribution in [1.82, 2.24) is 0 Å². The highest BCUT2D eigenvalue weighted by atomic mass is 16.6. The Morgan fingerprint density at radius 3 is 2.40 bits per heavy atom. The summed E-state index contributed by atoms with van der Waals surface area (Å²) in [6.45, 7) is 3.10. The predicted molar refractivity (Wildman–Crippen MR) is 93.0 cm³/mol. The molecule has 0 aliphatic heterocycles. The first-order chi connectivity index (χ1) is 12.1. The lowest BCUT2D eigenvalue weighted by Crippen LogP contribution is -2.32. The Hall–Kier alpha value is -3.28. The van der Waals surface area contributed by atoms with Gasteiger partial charge in [0.1, 0.15) is 19.0 Å². The second-order valence-corrected chi connectivity index (χ2v) is 5.07. The van der Waals surface area contributed by atoms with E-state index >= 15 is 0 Å². The zero-order valence-corrected chi connectivity index (χ0v) is 13.6. The van der Waals surface area contributed by atoms with Gasteiger partial charge in [0.25, 0.3) is 0 Å². The molecule has 0 radical (unpaired) electrons. The van der Waals surface area contributed by atoms with Crippen LogP contribution < -0.4 is 10.5 Å². The van der Waals surface area contributed by atoms with Gasteiger partial charge < -0.3 is 19.9 Å². The van der Waals surface area contributed by atoms with Crippen molar-refractivity contribution in [2.24, 2.45) is 5.73 Å². The van der Waals surface area contributed by atoms with Gasteiger partial charge in [-0.25, -0.2) is 9.59 Å². The number of carbonyl (C=O) groups is 2. The minimum Gasteiger partial charge on any atom is -0.489 e. The summed E-state index contributed by atoms with van der Waals surface area (Å²) in [7, 11) is 0. The Balaban J connectivity index is 2.08. The molecule has 2 rings (SSSR count). The largest absolute Gasteiger partial charge is 0.489 e. The Morgan fingerprint density at radius 2 is 1.72 bits per heavy atom. The second-order valence-electron chi connectivity index (χ2n) is 5.07. The number of ether oxygens (including phenoxy) is 3. The Labute approximate surface area is 145 Å². The summed E-state index contributed by atoms with van der Waals surface area (Å²) in [6.07, 6.45) is -0.780. The summed E-state index contributed by atoms with van der Waals surface area (Å²) in [6, 6.07) is 17.2. The molecule has 2 aromatic rings. The van der Waals surface area contributed by atoms with E-state index < -0.39 is 18.2 Å². The molecule has 1 unspecified atom stereocenters. The van der Waals surface area contributed by atoms with Gasteiger partial charge in [0, 0.05) is 11.6 Å². The molecule has 0 bridgehead atoms. The van der Waals surface area contributed by atoms with E-state index in [0.717, 1.165) is 17.2 Å². The van der Waals surface area contributed by atoms with Gasteiger partial charge in [-0.3, -0.25) is 0 Å². The van der Waals surface area contributed by atoms with Gasteiger partial charge in [0.15, 0.2) is 6.10 Å². The highest BCUT2D eigenvalue weighted by Crippen LogP contribution is 2.29. The molecule has 0 spiro atoms. The molecule has 0 saturated carbocycles. The third-order valence-electron chi connectivity index (χ3n) is 3.26. The minimum atomic E-state index is -0.973. The number of rotatable bonds is 8. The van der Waals surface area contributed by atoms with E-state index in [-0.39, 0.29) is 13.2 Å². The summed E-state index contributed by atoms with van der Waals surface area (Å²) in [4.78, 5) is 22.2. The summed E-state index contributed by atoms with van der Waals surface area (Å²) in [5, 5.41) is 0. The van der Waals surface area contributed by atoms with Crippen LogP contribution >= 0.6 is 0 Å². The molecule has 1 atom stereocenters. The Kier molecular flexibility index (Phi) is 6.59. The number of hydrogen-bond acceptors (Lipinski definition) is 5. The van der Waals surface area contributed by atoms with Crippen molar-refractivity contribution >= 4 is 12.1 Å². The standard InChI is InChI=1S/C19H19NO5/c1-2-18(21)24-13-15(25-19(20)22)12-23-17-11-7-6-10-16(17)14-8-4-3-5-9-14/h2-11,15H,1,12-13H2,(H2,20,22). The van der Waals surface area contributed by atoms with Crippen LogP contribution in [0.5, 0.6) is 5.75 Å². The van der Waals surface area contributed by atoms with Crippen molar-refractivity contribution in [3.05, 3.63) is 67.3 Å². The molecule has 2 aromatic carbocycles. The van der Waals surface area contributed by atoms with E-state index in [1.807, 2.05) is 48.5 Å². The Bertz CT molecular complexity index is 730. The smallest absolute Gasteiger partial charge is 0.405 e. The van der Waals surface area contributed by atoms with Gasteiger partial charge in [-0.05, 0) is 11.6 Å². The fourth-order valence-electron chi connectivity index (χ4n) is 2.15. The first-order valence-electron chi connectivity index (χ1n) is 7.62. The summed E-state index contributed by atoms with van der Waals surface area (Å²) in [5.41, 5.74) is 6.93. The van der Waals surface area contributed by atoms with Crippen LogP contribution in [0, 0.1) is 0 Å². The first kappa shape index (κ1) is 18.1. The van der Waals surface area contributed by atoms with E-state index in [1.165, 1.54) is 0 Å². The van der Waals surface area contributed by atoms with E-state index in [9.17, 15) is 9.59 Å². The van der Waals surface area contributed by atoms with Gasteiger partial charge in [0.2, 0.25) is 0 Å². The van der Waals surface area contributed by atoms with Gasteiger partial charge in [-0.1, -0.05) is 55.1 Å². The average molecular weight is 341 g/mol. The lowest BCUT2D eigenvalue weighted by Gasteiger charge is -2.18. The van der Waals surface area contributed by atoms with Crippen LogP contribution in [0.1, 0.15) is 0 Å². The van der Waals surface area contributed by atoms with Crippen LogP contribution in [0.3, 0.4) is 0 Å². The zero-order valence-electron chi connectivity index (χ0n) is 13.6. The van der Waals surface area contributed by atoms with Crippen molar-refractivity contribution in [2.75, 3.05) is 13.2 Å². The molecule has 2 N–H and O–H groups in total. The molecule has 0 heterocycles. The Morgan fingerprint density at radius 1 is 1.04 bits per heavy atom. The number of para-hydroxylation sites is 1. The number of hydrogen-bond donors (Lipinski definition) is 1. The lowest BCUT2D eigenvalue weighted by molar-refractivity contribution is -0.141. The van der Waals surface area contributed by atoms with E-state index in [4.69, 9.17) is 19.9 Å². The predicted octanol–water partition coefficient (Wildman–Crippen LogP) is 2.93. The maximum Gasteiger partial charge on any atom is 0.405 e. The van der Waals surface area contributed by atoms with Crippen LogP contribution in [-0.2, 0) is 14.3 Å². The molecule has 6 nitrogen and oxygen atoms in total. The van der Waals surface area contributed by atoms with Crippen LogP contribution in [0.25, 0.3) is 11.1 Å². The lowest BCUT2D eigenvalue weighted by atomic mass is 10.1. The topological polar surface area (TPSA) is 87.8 Å². The SMILES string of the molecule is C=CC(=O)OCC(COc1ccccc1-c1ccccc1)OC(N)=O. The molecular weight excluding hydrogens is 322 g/mol. The number of esters is 1. The number of benzene rings is 2. The van der Waals surface area contributed by atoms with Crippen molar-refractivity contribution < 1.29 is 23.8 Å². The third-order valence-corrected chi connectivity index (χ3v) is 3.26. The maximum atomic E-state index is 11.2. The molecule has 0 aliphatic rings. The van der Waals surface area contributed by atoms with Crippen molar-refractivity contribution in [2.45, 2.75) is 6.10 Å². The van der Waals surface area contributed by atoms with Crippen molar-refractivity contribution in [3.63, 3.8) is 0 Å². The van der Waals surface area contributed by atoms with Gasteiger partial charge >= 0.3 is 12.1 Å². The highest BCUT2D eigenvalue weighted by molar-refractivity contribution is 5.81. The summed E-state index contributed by atoms with van der Waals surface area (Å²) >= 11 is 0. The molecule has 0 aliphatic carbocycles. The van der Waals surface area contributed by atoms with Gasteiger partial charge in [-0.15, -0.1) is 0 Å². The average Bonchev–Trinajstić information content (AvgIpc) is 2.64. The second kappa shape index (κ2) is 9.12. The van der Waals surface area contributed by atoms with E-state index in [1.54, 1.807) is 6.07 Å². The molecule has 1 amide bonds. The van der Waals surface area contributed by atoms with Crippen LogP contribution in [0.15, 0.2) is 67.3 Å². The first-order valence-corrected chi connectivity index (χ1v) is 7.62. The van der Waals surface area contributed by atoms with Crippen LogP contribution in [-0.4, -0.2) is 31.4 Å². The molecular formula is C19H19NO5. The fourth-order valence-corrected chi connectivity index (χ4v) is 2.15. The van der Waals surface area contributed by atoms with Gasteiger partial charge in [0.05, 0.1) is 0 Å². The molecule has 0 saturated heterocycles. The maximum absolute atomic E-state index is 11.2. The zero-order chi connectivity index (χ0) is 18.1. The molecule has 25 heavy (non-hydrogen) atoms. The fraction of sp³-hybridized carbons (Fsp3) is 0.158. The van der Waals surface area contributed by atoms with Gasteiger partial charge in [-0.2, -0.15) is 0 Å². The molecule has 130 valence electrons. The molecule has 6 heteroatoms. The van der Waals surface area contributed by atoms with Crippen LogP contribution in [0.4, 0.5) is 4.79 Å². The van der Waals surface area contributed by atoms with Crippen molar-refractivity contribution in [1.29, 1.82) is 0 Å². The number of primary amides is 1. The molecule has 0 fully saturated rings. The normalized spacial score (nSPS) is 11.2. The number of nitrogens with two attached hydrogens (primary N) is 1.